The highest BCUT2D eigenvalue weighted by Crippen LogP contribution is 2.60. The Balaban J connectivity index is 2.34. The normalized spacial score (nSPS) is 38.1. The highest BCUT2D eigenvalue weighted by atomic mass is 16.4. The minimum Gasteiger partial charge on any atom is -0.411 e. The van der Waals surface area contributed by atoms with Gasteiger partial charge >= 0.3 is 0 Å². The zero-order valence-corrected chi connectivity index (χ0v) is 8.80. The molecule has 2 fully saturated rings. The van der Waals surface area contributed by atoms with E-state index in [1.807, 2.05) is 0 Å². The van der Waals surface area contributed by atoms with Gasteiger partial charge in [0.05, 0.1) is 5.71 Å². The number of nitrogens with zero attached hydrogens (tertiary/aromatic N) is 1. The Morgan fingerprint density at radius 1 is 1.31 bits per heavy atom. The maximum Gasteiger partial charge on any atom is 0.0690 e. The SMILES string of the molecule is CC1CCC2(CC2)/C(=N\O)C1(C)C. The van der Waals surface area contributed by atoms with Gasteiger partial charge < -0.3 is 5.21 Å². The molecular formula is C11H19NO. The number of hydrogen-bond acceptors (Lipinski definition) is 2. The Morgan fingerprint density at radius 2 is 1.92 bits per heavy atom. The quantitative estimate of drug-likeness (QED) is 0.452. The van der Waals surface area contributed by atoms with E-state index in [1.165, 1.54) is 25.7 Å². The van der Waals surface area contributed by atoms with Crippen LogP contribution in [-0.2, 0) is 0 Å². The highest BCUT2D eigenvalue weighted by molar-refractivity contribution is 5.97. The molecule has 0 aliphatic heterocycles. The summed E-state index contributed by atoms with van der Waals surface area (Å²) in [6, 6.07) is 0. The minimum atomic E-state index is 0.101. The largest absolute Gasteiger partial charge is 0.411 e. The molecular weight excluding hydrogens is 162 g/mol. The summed E-state index contributed by atoms with van der Waals surface area (Å²) in [6.07, 6.45) is 4.99. The van der Waals surface area contributed by atoms with E-state index in [0.717, 1.165) is 5.71 Å². The van der Waals surface area contributed by atoms with Gasteiger partial charge in [-0.2, -0.15) is 0 Å². The lowest BCUT2D eigenvalue weighted by Crippen LogP contribution is -2.42. The minimum absolute atomic E-state index is 0.101. The molecule has 2 saturated carbocycles. The molecule has 0 heterocycles. The molecule has 1 atom stereocenters. The molecule has 1 unspecified atom stereocenters. The molecule has 2 aliphatic carbocycles. The summed E-state index contributed by atoms with van der Waals surface area (Å²) in [7, 11) is 0. The average Bonchev–Trinajstić information content (AvgIpc) is 2.80. The Bertz CT molecular complexity index is 251. The lowest BCUT2D eigenvalue weighted by Gasteiger charge is -2.41. The predicted molar refractivity (Wildman–Crippen MR) is 53.1 cm³/mol. The molecule has 74 valence electrons. The highest BCUT2D eigenvalue weighted by Gasteiger charge is 2.56. The summed E-state index contributed by atoms with van der Waals surface area (Å²) in [4.78, 5) is 0. The first-order chi connectivity index (χ1) is 6.03. The Kier molecular flexibility index (Phi) is 1.73. The fourth-order valence-electron chi connectivity index (χ4n) is 2.76. The van der Waals surface area contributed by atoms with Crippen LogP contribution >= 0.6 is 0 Å². The topological polar surface area (TPSA) is 32.6 Å². The number of hydrogen-bond donors (Lipinski definition) is 1. The van der Waals surface area contributed by atoms with E-state index in [1.54, 1.807) is 0 Å². The molecule has 0 bridgehead atoms. The molecule has 1 spiro atoms. The van der Waals surface area contributed by atoms with Crippen LogP contribution in [0, 0.1) is 16.7 Å². The van der Waals surface area contributed by atoms with Gasteiger partial charge in [-0.15, -0.1) is 0 Å². The second-order valence-corrected chi connectivity index (χ2v) is 5.39. The summed E-state index contributed by atoms with van der Waals surface area (Å²) in [6.45, 7) is 6.69. The monoisotopic (exact) mass is 181 g/mol. The van der Waals surface area contributed by atoms with Crippen molar-refractivity contribution in [3.63, 3.8) is 0 Å². The second kappa shape index (κ2) is 2.49. The summed E-state index contributed by atoms with van der Waals surface area (Å²) in [5, 5.41) is 12.7. The Hall–Kier alpha value is -0.530. The molecule has 2 aliphatic rings. The molecule has 0 aromatic rings. The van der Waals surface area contributed by atoms with Crippen LogP contribution in [0.15, 0.2) is 5.16 Å². The zero-order chi connectivity index (χ0) is 9.69. The molecule has 1 N–H and O–H groups in total. The molecule has 0 amide bonds. The van der Waals surface area contributed by atoms with Crippen molar-refractivity contribution >= 4 is 5.71 Å². The molecule has 0 saturated heterocycles. The van der Waals surface area contributed by atoms with Crippen molar-refractivity contribution in [3.8, 4) is 0 Å². The fourth-order valence-corrected chi connectivity index (χ4v) is 2.76. The van der Waals surface area contributed by atoms with Crippen molar-refractivity contribution < 1.29 is 5.21 Å². The average molecular weight is 181 g/mol. The first-order valence-electron chi connectivity index (χ1n) is 5.26. The van der Waals surface area contributed by atoms with Crippen LogP contribution in [0.5, 0.6) is 0 Å². The summed E-state index contributed by atoms with van der Waals surface area (Å²) < 4.78 is 0. The third kappa shape index (κ3) is 1.11. The second-order valence-electron chi connectivity index (χ2n) is 5.39. The van der Waals surface area contributed by atoms with E-state index < -0.39 is 0 Å². The third-order valence-electron chi connectivity index (χ3n) is 4.35. The van der Waals surface area contributed by atoms with Crippen molar-refractivity contribution in [1.82, 2.24) is 0 Å². The molecule has 0 aromatic carbocycles. The van der Waals surface area contributed by atoms with Crippen molar-refractivity contribution in [2.24, 2.45) is 21.9 Å². The standard InChI is InChI=1S/C11H19NO/c1-8-4-5-11(6-7-11)9(12-13)10(8,2)3/h8,13H,4-7H2,1-3H3/b12-9-. The van der Waals surface area contributed by atoms with Crippen molar-refractivity contribution in [2.45, 2.75) is 46.5 Å². The van der Waals surface area contributed by atoms with Gasteiger partial charge in [-0.05, 0) is 31.6 Å². The number of rotatable bonds is 0. The first kappa shape index (κ1) is 9.04. The van der Waals surface area contributed by atoms with Crippen LogP contribution in [0.25, 0.3) is 0 Å². The Morgan fingerprint density at radius 3 is 2.38 bits per heavy atom. The molecule has 0 aromatic heterocycles. The van der Waals surface area contributed by atoms with Gasteiger partial charge in [0.25, 0.3) is 0 Å². The summed E-state index contributed by atoms with van der Waals surface area (Å²) in [5.41, 5.74) is 1.48. The lowest BCUT2D eigenvalue weighted by atomic mass is 9.63. The molecule has 2 rings (SSSR count). The fraction of sp³-hybridized carbons (Fsp3) is 0.909. The van der Waals surface area contributed by atoms with Gasteiger partial charge in [0.1, 0.15) is 0 Å². The summed E-state index contributed by atoms with van der Waals surface area (Å²) >= 11 is 0. The zero-order valence-electron chi connectivity index (χ0n) is 8.80. The van der Waals surface area contributed by atoms with Crippen LogP contribution in [-0.4, -0.2) is 10.9 Å². The molecule has 2 nitrogen and oxygen atoms in total. The Labute approximate surface area is 80.0 Å². The van der Waals surface area contributed by atoms with Gasteiger partial charge in [0.15, 0.2) is 0 Å². The van der Waals surface area contributed by atoms with Crippen LogP contribution in [0.3, 0.4) is 0 Å². The first-order valence-corrected chi connectivity index (χ1v) is 5.26. The maximum atomic E-state index is 9.11. The van der Waals surface area contributed by atoms with E-state index in [2.05, 4.69) is 25.9 Å². The molecule has 2 heteroatoms. The van der Waals surface area contributed by atoms with E-state index in [0.29, 0.717) is 11.3 Å². The maximum absolute atomic E-state index is 9.11. The van der Waals surface area contributed by atoms with Crippen LogP contribution in [0.4, 0.5) is 0 Å². The van der Waals surface area contributed by atoms with Crippen molar-refractivity contribution in [3.05, 3.63) is 0 Å². The van der Waals surface area contributed by atoms with E-state index in [9.17, 15) is 0 Å². The van der Waals surface area contributed by atoms with Crippen molar-refractivity contribution in [2.75, 3.05) is 0 Å². The van der Waals surface area contributed by atoms with Gasteiger partial charge in [-0.1, -0.05) is 25.9 Å². The van der Waals surface area contributed by atoms with E-state index >= 15 is 0 Å². The molecule has 13 heavy (non-hydrogen) atoms. The van der Waals surface area contributed by atoms with E-state index in [-0.39, 0.29) is 5.41 Å². The summed E-state index contributed by atoms with van der Waals surface area (Å²) in [5.74, 6) is 0.643. The van der Waals surface area contributed by atoms with E-state index in [4.69, 9.17) is 5.21 Å². The smallest absolute Gasteiger partial charge is 0.0690 e. The van der Waals surface area contributed by atoms with Crippen molar-refractivity contribution in [1.29, 1.82) is 0 Å². The predicted octanol–water partition coefficient (Wildman–Crippen LogP) is 3.05. The van der Waals surface area contributed by atoms with Gasteiger partial charge in [-0.3, -0.25) is 0 Å². The van der Waals surface area contributed by atoms with Crippen LogP contribution in [0.2, 0.25) is 0 Å². The van der Waals surface area contributed by atoms with Gasteiger partial charge in [0.2, 0.25) is 0 Å². The lowest BCUT2D eigenvalue weighted by molar-refractivity contribution is 0.221. The third-order valence-corrected chi connectivity index (χ3v) is 4.35. The molecule has 0 radical (unpaired) electrons. The number of oxime groups is 1. The van der Waals surface area contributed by atoms with Gasteiger partial charge in [-0.25, -0.2) is 0 Å². The van der Waals surface area contributed by atoms with Crippen LogP contribution in [0.1, 0.15) is 46.5 Å². The van der Waals surface area contributed by atoms with Gasteiger partial charge in [0, 0.05) is 10.8 Å². The van der Waals surface area contributed by atoms with Crippen LogP contribution < -0.4 is 0 Å².